The predicted molar refractivity (Wildman–Crippen MR) is 112 cm³/mol. The molecule has 1 aromatic heterocycles. The molecule has 1 heterocycles. The highest BCUT2D eigenvalue weighted by atomic mass is 32.1. The maximum absolute atomic E-state index is 12.0. The topological polar surface area (TPSA) is 68.8 Å². The van der Waals surface area contributed by atoms with Gasteiger partial charge in [0, 0.05) is 4.88 Å². The van der Waals surface area contributed by atoms with Gasteiger partial charge in [-0.15, -0.1) is 11.3 Å². The van der Waals surface area contributed by atoms with Gasteiger partial charge in [-0.1, -0.05) is 13.0 Å². The van der Waals surface area contributed by atoms with Gasteiger partial charge in [0.1, 0.15) is 5.00 Å². The van der Waals surface area contributed by atoms with Gasteiger partial charge in [-0.2, -0.15) is 0 Å². The fourth-order valence-corrected chi connectivity index (χ4v) is 3.84. The third-order valence-electron chi connectivity index (χ3n) is 4.02. The summed E-state index contributed by atoms with van der Waals surface area (Å²) in [5.41, 5.74) is 1.48. The Morgan fingerprint density at radius 1 is 1.19 bits per heavy atom. The Bertz CT molecular complexity index is 820. The van der Waals surface area contributed by atoms with E-state index in [0.29, 0.717) is 27.2 Å². The number of hydrogen-bond acceptors (Lipinski definition) is 6. The van der Waals surface area contributed by atoms with Gasteiger partial charge in [-0.05, 0) is 49.3 Å². The van der Waals surface area contributed by atoms with Gasteiger partial charge < -0.3 is 24.8 Å². The molecule has 0 aliphatic rings. The summed E-state index contributed by atoms with van der Waals surface area (Å²) in [6.07, 6.45) is 0.832. The number of esters is 1. The Balaban J connectivity index is 2.11. The van der Waals surface area contributed by atoms with Gasteiger partial charge in [-0.25, -0.2) is 4.79 Å². The van der Waals surface area contributed by atoms with Crippen LogP contribution in [0.2, 0.25) is 0 Å². The number of rotatable bonds is 7. The van der Waals surface area contributed by atoms with E-state index in [9.17, 15) is 4.79 Å². The molecule has 0 saturated heterocycles. The van der Waals surface area contributed by atoms with Crippen molar-refractivity contribution in [3.63, 3.8) is 0 Å². The van der Waals surface area contributed by atoms with Crippen molar-refractivity contribution in [3.8, 4) is 11.5 Å². The third kappa shape index (κ3) is 5.11. The number of thiophene rings is 1. The van der Waals surface area contributed by atoms with Crippen LogP contribution in [0, 0.1) is 0 Å². The zero-order valence-electron chi connectivity index (χ0n) is 16.0. The monoisotopic (exact) mass is 408 g/mol. The van der Waals surface area contributed by atoms with E-state index in [1.165, 1.54) is 18.4 Å². The Hall–Kier alpha value is -2.32. The molecule has 2 aromatic rings. The quantitative estimate of drug-likeness (QED) is 0.526. The van der Waals surface area contributed by atoms with Crippen LogP contribution in [0.1, 0.15) is 40.7 Å². The molecule has 1 aromatic carbocycles. The molecule has 1 atom stereocenters. The lowest BCUT2D eigenvalue weighted by atomic mass is 10.1. The molecule has 2 N–H and O–H groups in total. The summed E-state index contributed by atoms with van der Waals surface area (Å²) in [6.45, 7) is 4.02. The summed E-state index contributed by atoms with van der Waals surface area (Å²) in [4.78, 5) is 13.1. The first-order valence-electron chi connectivity index (χ1n) is 8.43. The second-order valence-electron chi connectivity index (χ2n) is 5.74. The molecule has 0 aliphatic heterocycles. The van der Waals surface area contributed by atoms with Crippen molar-refractivity contribution >= 4 is 39.6 Å². The fourth-order valence-electron chi connectivity index (χ4n) is 2.51. The van der Waals surface area contributed by atoms with Crippen LogP contribution < -0.4 is 20.1 Å². The van der Waals surface area contributed by atoms with Crippen LogP contribution in [-0.4, -0.2) is 32.4 Å². The highest BCUT2D eigenvalue weighted by Gasteiger charge is 2.18. The third-order valence-corrected chi connectivity index (χ3v) is 5.43. The lowest BCUT2D eigenvalue weighted by Crippen LogP contribution is -2.31. The molecule has 0 unspecified atom stereocenters. The molecule has 0 amide bonds. The van der Waals surface area contributed by atoms with E-state index in [1.807, 2.05) is 38.1 Å². The highest BCUT2D eigenvalue weighted by molar-refractivity contribution is 7.80. The number of methoxy groups -OCH3 is 3. The SMILES string of the molecule is CCc1cc(C(=O)OC)c(NC(=S)N[C@@H](C)c2ccc(OC)c(OC)c2)s1. The van der Waals surface area contributed by atoms with E-state index in [2.05, 4.69) is 10.6 Å². The number of carbonyl (C=O) groups excluding carboxylic acids is 1. The number of ether oxygens (including phenoxy) is 3. The van der Waals surface area contributed by atoms with E-state index in [0.717, 1.165) is 16.9 Å². The molecule has 0 radical (unpaired) electrons. The highest BCUT2D eigenvalue weighted by Crippen LogP contribution is 2.31. The van der Waals surface area contributed by atoms with Crippen LogP contribution in [-0.2, 0) is 11.2 Å². The second-order valence-corrected chi connectivity index (χ2v) is 7.28. The number of thiocarbonyl (C=S) groups is 1. The van der Waals surface area contributed by atoms with Crippen molar-refractivity contribution in [1.82, 2.24) is 5.32 Å². The van der Waals surface area contributed by atoms with Gasteiger partial charge in [0.2, 0.25) is 0 Å². The lowest BCUT2D eigenvalue weighted by molar-refractivity contribution is 0.0602. The maximum atomic E-state index is 12.0. The molecule has 0 aliphatic carbocycles. The average molecular weight is 409 g/mol. The van der Waals surface area contributed by atoms with Crippen molar-refractivity contribution in [3.05, 3.63) is 40.3 Å². The number of benzene rings is 1. The molecule has 27 heavy (non-hydrogen) atoms. The Labute approximate surface area is 168 Å². The summed E-state index contributed by atoms with van der Waals surface area (Å²) in [5.74, 6) is 0.938. The summed E-state index contributed by atoms with van der Waals surface area (Å²) in [6, 6.07) is 7.46. The summed E-state index contributed by atoms with van der Waals surface area (Å²) >= 11 is 6.92. The van der Waals surface area contributed by atoms with Gasteiger partial charge in [0.15, 0.2) is 16.6 Å². The number of carbonyl (C=O) groups is 1. The van der Waals surface area contributed by atoms with Gasteiger partial charge in [-0.3, -0.25) is 0 Å². The van der Waals surface area contributed by atoms with Crippen molar-refractivity contribution in [2.75, 3.05) is 26.6 Å². The zero-order chi connectivity index (χ0) is 20.0. The van der Waals surface area contributed by atoms with Crippen LogP contribution in [0.5, 0.6) is 11.5 Å². The number of aryl methyl sites for hydroxylation is 1. The van der Waals surface area contributed by atoms with E-state index in [-0.39, 0.29) is 12.0 Å². The lowest BCUT2D eigenvalue weighted by Gasteiger charge is -2.18. The number of hydrogen-bond donors (Lipinski definition) is 2. The van der Waals surface area contributed by atoms with Crippen molar-refractivity contribution < 1.29 is 19.0 Å². The largest absolute Gasteiger partial charge is 0.493 e. The van der Waals surface area contributed by atoms with Gasteiger partial charge in [0.05, 0.1) is 32.9 Å². The zero-order valence-corrected chi connectivity index (χ0v) is 17.7. The normalized spacial score (nSPS) is 11.4. The number of nitrogens with one attached hydrogen (secondary N) is 2. The maximum Gasteiger partial charge on any atom is 0.340 e. The van der Waals surface area contributed by atoms with Crippen LogP contribution in [0.25, 0.3) is 0 Å². The molecule has 0 saturated carbocycles. The molecule has 0 bridgehead atoms. The molecule has 6 nitrogen and oxygen atoms in total. The Kier molecular flexibility index (Phi) is 7.44. The molecule has 0 spiro atoms. The van der Waals surface area contributed by atoms with Crippen LogP contribution >= 0.6 is 23.6 Å². The average Bonchev–Trinajstić information content (AvgIpc) is 3.09. The molecule has 8 heteroatoms. The van der Waals surface area contributed by atoms with Crippen LogP contribution in [0.4, 0.5) is 5.00 Å². The van der Waals surface area contributed by atoms with Crippen LogP contribution in [0.15, 0.2) is 24.3 Å². The summed E-state index contributed by atoms with van der Waals surface area (Å²) in [5, 5.41) is 7.44. The first-order valence-corrected chi connectivity index (χ1v) is 9.66. The van der Waals surface area contributed by atoms with Gasteiger partial charge in [0.25, 0.3) is 0 Å². The van der Waals surface area contributed by atoms with E-state index < -0.39 is 0 Å². The van der Waals surface area contributed by atoms with Gasteiger partial charge >= 0.3 is 5.97 Å². The van der Waals surface area contributed by atoms with E-state index in [4.69, 9.17) is 26.4 Å². The number of anilines is 1. The minimum absolute atomic E-state index is 0.0722. The van der Waals surface area contributed by atoms with E-state index >= 15 is 0 Å². The summed E-state index contributed by atoms with van der Waals surface area (Å²) in [7, 11) is 4.57. The van der Waals surface area contributed by atoms with E-state index in [1.54, 1.807) is 14.2 Å². The molecule has 146 valence electrons. The first-order chi connectivity index (χ1) is 12.9. The Morgan fingerprint density at radius 2 is 1.89 bits per heavy atom. The summed E-state index contributed by atoms with van der Waals surface area (Å²) < 4.78 is 15.5. The van der Waals surface area contributed by atoms with Crippen LogP contribution in [0.3, 0.4) is 0 Å². The second kappa shape index (κ2) is 9.57. The molecule has 2 rings (SSSR count). The standard InChI is InChI=1S/C19H24N2O4S2/c1-6-13-10-14(18(22)25-5)17(27-13)21-19(26)20-11(2)12-7-8-15(23-3)16(9-12)24-4/h7-11H,6H2,1-5H3,(H2,20,21,26)/t11-/m0/s1. The smallest absolute Gasteiger partial charge is 0.340 e. The van der Waals surface area contributed by atoms with Crippen molar-refractivity contribution in [2.45, 2.75) is 26.3 Å². The fraction of sp³-hybridized carbons (Fsp3) is 0.368. The predicted octanol–water partition coefficient (Wildman–Crippen LogP) is 4.16. The first kappa shape index (κ1) is 21.0. The minimum Gasteiger partial charge on any atom is -0.493 e. The molecule has 0 fully saturated rings. The van der Waals surface area contributed by atoms with Crippen molar-refractivity contribution in [1.29, 1.82) is 0 Å². The minimum atomic E-state index is -0.385. The van der Waals surface area contributed by atoms with Crippen molar-refractivity contribution in [2.24, 2.45) is 0 Å². The molecular weight excluding hydrogens is 384 g/mol. The molecular formula is C19H24N2O4S2. The Morgan fingerprint density at radius 3 is 2.48 bits per heavy atom.